The predicted molar refractivity (Wildman–Crippen MR) is 43.6 cm³/mol. The quantitative estimate of drug-likeness (QED) is 0.500. The van der Waals surface area contributed by atoms with Crippen molar-refractivity contribution in [1.29, 1.82) is 0 Å². The first kappa shape index (κ1) is 6.89. The Morgan fingerprint density at radius 2 is 2.33 bits per heavy atom. The first-order chi connectivity index (χ1) is 4.22. The summed E-state index contributed by atoms with van der Waals surface area (Å²) in [6.07, 6.45) is 1.62. The molecule has 9 heavy (non-hydrogen) atoms. The highest BCUT2D eigenvalue weighted by atomic mass is 79.9. The Morgan fingerprint density at radius 3 is 2.78 bits per heavy atom. The number of nitrogens with two attached hydrogens (primary N) is 1. The monoisotopic (exact) mass is 204 g/mol. The summed E-state index contributed by atoms with van der Waals surface area (Å²) in [6.45, 7) is 0. The minimum absolute atomic E-state index is 0.639. The number of anilines is 1. The SMILES string of the molecule is Nc1ccnc(Br)c1S. The van der Waals surface area contributed by atoms with Gasteiger partial charge in [-0.1, -0.05) is 0 Å². The molecule has 4 heteroatoms. The van der Waals surface area contributed by atoms with E-state index in [0.29, 0.717) is 15.2 Å². The fraction of sp³-hybridized carbons (Fsp3) is 0. The fourth-order valence-electron chi connectivity index (χ4n) is 0.442. The molecule has 0 saturated heterocycles. The second kappa shape index (κ2) is 2.58. The summed E-state index contributed by atoms with van der Waals surface area (Å²) in [5.74, 6) is 0. The number of pyridine rings is 1. The zero-order valence-electron chi connectivity index (χ0n) is 4.50. The van der Waals surface area contributed by atoms with Gasteiger partial charge in [-0.2, -0.15) is 0 Å². The van der Waals surface area contributed by atoms with Crippen LogP contribution in [0.15, 0.2) is 21.8 Å². The lowest BCUT2D eigenvalue weighted by Crippen LogP contribution is -1.88. The molecule has 2 N–H and O–H groups in total. The Labute approximate surface area is 67.0 Å². The normalized spacial score (nSPS) is 9.56. The number of thiol groups is 1. The topological polar surface area (TPSA) is 38.9 Å². The molecule has 0 saturated carbocycles. The molecule has 0 aromatic carbocycles. The molecular formula is C5H5BrN2S. The van der Waals surface area contributed by atoms with Gasteiger partial charge in [-0.25, -0.2) is 4.98 Å². The molecule has 2 nitrogen and oxygen atoms in total. The minimum Gasteiger partial charge on any atom is -0.398 e. The van der Waals surface area contributed by atoms with Crippen LogP contribution in [0.4, 0.5) is 5.69 Å². The molecule has 0 unspecified atom stereocenters. The van der Waals surface area contributed by atoms with Gasteiger partial charge in [0.25, 0.3) is 0 Å². The van der Waals surface area contributed by atoms with Crippen LogP contribution in [-0.2, 0) is 0 Å². The van der Waals surface area contributed by atoms with E-state index in [2.05, 4.69) is 33.5 Å². The van der Waals surface area contributed by atoms with Crippen LogP contribution in [-0.4, -0.2) is 4.98 Å². The van der Waals surface area contributed by atoms with Gasteiger partial charge < -0.3 is 5.73 Å². The van der Waals surface area contributed by atoms with Crippen molar-refractivity contribution in [3.8, 4) is 0 Å². The van der Waals surface area contributed by atoms with Crippen LogP contribution >= 0.6 is 28.6 Å². The average Bonchev–Trinajstić information content (AvgIpc) is 1.83. The van der Waals surface area contributed by atoms with Crippen molar-refractivity contribution in [3.63, 3.8) is 0 Å². The smallest absolute Gasteiger partial charge is 0.121 e. The highest BCUT2D eigenvalue weighted by molar-refractivity contribution is 9.10. The standard InChI is InChI=1S/C5H5BrN2S/c6-5-4(9)3(7)1-2-8-5/h1-2,9H,(H2,7,8). The van der Waals surface area contributed by atoms with Crippen LogP contribution in [0.3, 0.4) is 0 Å². The summed E-state index contributed by atoms with van der Waals surface area (Å²) < 4.78 is 0.686. The lowest BCUT2D eigenvalue weighted by atomic mass is 10.4. The van der Waals surface area contributed by atoms with Gasteiger partial charge >= 0.3 is 0 Å². The maximum Gasteiger partial charge on any atom is 0.121 e. The molecule has 0 aliphatic carbocycles. The summed E-state index contributed by atoms with van der Waals surface area (Å²) in [7, 11) is 0. The van der Waals surface area contributed by atoms with E-state index in [4.69, 9.17) is 5.73 Å². The van der Waals surface area contributed by atoms with E-state index in [9.17, 15) is 0 Å². The molecule has 1 aromatic heterocycles. The van der Waals surface area contributed by atoms with Crippen LogP contribution in [0.1, 0.15) is 0 Å². The molecule has 0 fully saturated rings. The van der Waals surface area contributed by atoms with Crippen molar-refractivity contribution < 1.29 is 0 Å². The van der Waals surface area contributed by atoms with Crippen LogP contribution in [0.2, 0.25) is 0 Å². The van der Waals surface area contributed by atoms with E-state index in [1.54, 1.807) is 12.3 Å². The van der Waals surface area contributed by atoms with Gasteiger partial charge in [0.2, 0.25) is 0 Å². The second-order valence-corrected chi connectivity index (χ2v) is 2.74. The van der Waals surface area contributed by atoms with E-state index < -0.39 is 0 Å². The van der Waals surface area contributed by atoms with Gasteiger partial charge in [0.15, 0.2) is 0 Å². The van der Waals surface area contributed by atoms with Crippen molar-refractivity contribution in [2.75, 3.05) is 5.73 Å². The number of aromatic nitrogens is 1. The van der Waals surface area contributed by atoms with E-state index in [-0.39, 0.29) is 0 Å². The molecule has 0 amide bonds. The fourth-order valence-corrected chi connectivity index (χ4v) is 0.922. The van der Waals surface area contributed by atoms with Gasteiger partial charge in [-0.05, 0) is 22.0 Å². The van der Waals surface area contributed by atoms with Crippen molar-refractivity contribution in [3.05, 3.63) is 16.9 Å². The third kappa shape index (κ3) is 1.37. The van der Waals surface area contributed by atoms with Gasteiger partial charge in [0.05, 0.1) is 4.90 Å². The van der Waals surface area contributed by atoms with E-state index in [1.807, 2.05) is 0 Å². The lowest BCUT2D eigenvalue weighted by molar-refractivity contribution is 1.19. The van der Waals surface area contributed by atoms with Crippen molar-refractivity contribution in [2.45, 2.75) is 4.90 Å². The van der Waals surface area contributed by atoms with Crippen LogP contribution in [0.25, 0.3) is 0 Å². The Hall–Kier alpha value is -0.220. The molecule has 0 radical (unpaired) electrons. The van der Waals surface area contributed by atoms with Gasteiger partial charge in [0.1, 0.15) is 4.60 Å². The van der Waals surface area contributed by atoms with Gasteiger partial charge in [-0.15, -0.1) is 12.6 Å². The summed E-state index contributed by atoms with van der Waals surface area (Å²) >= 11 is 7.26. The zero-order chi connectivity index (χ0) is 6.85. The Bertz CT molecular complexity index is 206. The number of hydrogen-bond donors (Lipinski definition) is 2. The Kier molecular flexibility index (Phi) is 1.97. The highest BCUT2D eigenvalue weighted by Gasteiger charge is 1.97. The summed E-state index contributed by atoms with van der Waals surface area (Å²) in [4.78, 5) is 4.59. The molecule has 48 valence electrons. The highest BCUT2D eigenvalue weighted by Crippen LogP contribution is 2.22. The summed E-state index contributed by atoms with van der Waals surface area (Å²) in [6, 6.07) is 1.70. The van der Waals surface area contributed by atoms with Crippen molar-refractivity contribution >= 4 is 34.2 Å². The zero-order valence-corrected chi connectivity index (χ0v) is 6.98. The molecule has 1 aromatic rings. The largest absolute Gasteiger partial charge is 0.398 e. The van der Waals surface area contributed by atoms with Gasteiger partial charge in [-0.3, -0.25) is 0 Å². The number of rotatable bonds is 0. The molecular weight excluding hydrogens is 200 g/mol. The summed E-state index contributed by atoms with van der Waals surface area (Å²) in [5, 5.41) is 0. The molecule has 0 aliphatic rings. The second-order valence-electron chi connectivity index (χ2n) is 1.54. The van der Waals surface area contributed by atoms with Crippen molar-refractivity contribution in [2.24, 2.45) is 0 Å². The summed E-state index contributed by atoms with van der Waals surface area (Å²) in [5.41, 5.74) is 6.11. The maximum atomic E-state index is 5.47. The molecule has 0 spiro atoms. The molecule has 0 aliphatic heterocycles. The van der Waals surface area contributed by atoms with E-state index in [0.717, 1.165) is 0 Å². The van der Waals surface area contributed by atoms with E-state index >= 15 is 0 Å². The Morgan fingerprint density at radius 1 is 1.67 bits per heavy atom. The average molecular weight is 205 g/mol. The number of halogens is 1. The molecule has 1 heterocycles. The van der Waals surface area contributed by atoms with Crippen molar-refractivity contribution in [1.82, 2.24) is 4.98 Å². The molecule has 1 rings (SSSR count). The first-order valence-corrected chi connectivity index (χ1v) is 3.55. The molecule has 0 atom stereocenters. The predicted octanol–water partition coefficient (Wildman–Crippen LogP) is 1.71. The number of hydrogen-bond acceptors (Lipinski definition) is 3. The Balaban J connectivity index is 3.25. The lowest BCUT2D eigenvalue weighted by Gasteiger charge is -1.97. The number of nitrogen functional groups attached to an aromatic ring is 1. The number of nitrogens with zero attached hydrogens (tertiary/aromatic N) is 1. The van der Waals surface area contributed by atoms with Crippen LogP contribution < -0.4 is 5.73 Å². The third-order valence-corrected chi connectivity index (χ3v) is 2.29. The van der Waals surface area contributed by atoms with Crippen LogP contribution in [0, 0.1) is 0 Å². The van der Waals surface area contributed by atoms with Gasteiger partial charge in [0, 0.05) is 11.9 Å². The molecule has 0 bridgehead atoms. The first-order valence-electron chi connectivity index (χ1n) is 2.31. The maximum absolute atomic E-state index is 5.47. The van der Waals surface area contributed by atoms with Crippen LogP contribution in [0.5, 0.6) is 0 Å². The van der Waals surface area contributed by atoms with E-state index in [1.165, 1.54) is 0 Å². The minimum atomic E-state index is 0.639. The third-order valence-electron chi connectivity index (χ3n) is 0.911.